The number of halogens is 2. The third kappa shape index (κ3) is 5.60. The summed E-state index contributed by atoms with van der Waals surface area (Å²) in [5, 5.41) is 26.1. The smallest absolute Gasteiger partial charge is 0.271 e. The van der Waals surface area contributed by atoms with E-state index >= 15 is 0 Å². The Bertz CT molecular complexity index is 1430. The Balaban J connectivity index is 1.87. The average Bonchev–Trinajstić information content (AvgIpc) is 2.82. The highest BCUT2D eigenvalue weighted by Gasteiger charge is 2.32. The molecule has 3 aromatic rings. The van der Waals surface area contributed by atoms with Crippen LogP contribution in [0.4, 0.5) is 31.5 Å². The number of alkyl halides is 2. The van der Waals surface area contributed by atoms with Crippen molar-refractivity contribution in [2.75, 3.05) is 9.73 Å². The molecule has 0 amide bonds. The molecule has 11 nitrogen and oxygen atoms in total. The standard InChI is InChI=1S/C22H19F2N5O6S/c1-14-3-10-19(11-4-14)36(34,35)27(22(23)24)17-7-5-16(6-8-17)15(2)25-26-20-12-9-18(28(30)31)13-21(20)29(32)33/h3-13,22,26H,1-2H3/b25-15+. The Kier molecular flexibility index (Phi) is 7.58. The van der Waals surface area contributed by atoms with Gasteiger partial charge in [0.05, 0.1) is 32.2 Å². The SMILES string of the molecule is C/C(=N\Nc1ccc([N+](=O)[O-])cc1[N+](=O)[O-])c1ccc(N(C(F)F)S(=O)(=O)c2ccc(C)cc2)cc1. The normalized spacial score (nSPS) is 11.9. The van der Waals surface area contributed by atoms with Crippen molar-refractivity contribution in [3.63, 3.8) is 0 Å². The van der Waals surface area contributed by atoms with Gasteiger partial charge in [0.1, 0.15) is 5.69 Å². The van der Waals surface area contributed by atoms with Crippen LogP contribution in [0.25, 0.3) is 0 Å². The first-order valence-corrected chi connectivity index (χ1v) is 11.6. The summed E-state index contributed by atoms with van der Waals surface area (Å²) >= 11 is 0. The molecule has 188 valence electrons. The lowest BCUT2D eigenvalue weighted by Gasteiger charge is -2.23. The summed E-state index contributed by atoms with van der Waals surface area (Å²) in [6.45, 7) is -0.0904. The van der Waals surface area contributed by atoms with Gasteiger partial charge in [-0.25, -0.2) is 12.7 Å². The Hall–Kier alpha value is -4.46. The van der Waals surface area contributed by atoms with Crippen LogP contribution in [0.5, 0.6) is 0 Å². The van der Waals surface area contributed by atoms with E-state index in [0.29, 0.717) is 5.56 Å². The molecule has 0 atom stereocenters. The zero-order valence-corrected chi connectivity index (χ0v) is 19.6. The van der Waals surface area contributed by atoms with Gasteiger partial charge in [-0.1, -0.05) is 29.8 Å². The molecule has 0 spiro atoms. The quantitative estimate of drug-likeness (QED) is 0.180. The van der Waals surface area contributed by atoms with Crippen molar-refractivity contribution in [1.29, 1.82) is 0 Å². The zero-order chi connectivity index (χ0) is 26.6. The van der Waals surface area contributed by atoms with Crippen LogP contribution in [-0.4, -0.2) is 30.5 Å². The fraction of sp³-hybridized carbons (Fsp3) is 0.136. The zero-order valence-electron chi connectivity index (χ0n) is 18.8. The van der Waals surface area contributed by atoms with Gasteiger partial charge in [0.2, 0.25) is 0 Å². The highest BCUT2D eigenvalue weighted by atomic mass is 32.2. The van der Waals surface area contributed by atoms with Crippen molar-refractivity contribution in [3.8, 4) is 0 Å². The number of sulfonamides is 1. The number of benzene rings is 3. The van der Waals surface area contributed by atoms with Gasteiger partial charge >= 0.3 is 12.2 Å². The number of rotatable bonds is 9. The van der Waals surface area contributed by atoms with Gasteiger partial charge in [-0.05, 0) is 49.7 Å². The molecule has 0 fully saturated rings. The second kappa shape index (κ2) is 10.4. The van der Waals surface area contributed by atoms with Crippen LogP contribution in [0.2, 0.25) is 0 Å². The number of non-ortho nitro benzene ring substituents is 1. The Morgan fingerprint density at radius 2 is 1.58 bits per heavy atom. The van der Waals surface area contributed by atoms with Crippen LogP contribution in [-0.2, 0) is 10.0 Å². The van der Waals surface area contributed by atoms with Crippen molar-refractivity contribution in [3.05, 3.63) is 98.1 Å². The lowest BCUT2D eigenvalue weighted by Crippen LogP contribution is -2.35. The molecule has 0 aliphatic rings. The van der Waals surface area contributed by atoms with E-state index in [4.69, 9.17) is 0 Å². The summed E-state index contributed by atoms with van der Waals surface area (Å²) in [4.78, 5) is 20.2. The summed E-state index contributed by atoms with van der Waals surface area (Å²) in [6, 6.07) is 13.6. The van der Waals surface area contributed by atoms with E-state index in [1.807, 2.05) is 0 Å². The fourth-order valence-electron chi connectivity index (χ4n) is 3.12. The minimum atomic E-state index is -4.54. The predicted molar refractivity (Wildman–Crippen MR) is 129 cm³/mol. The van der Waals surface area contributed by atoms with E-state index in [2.05, 4.69) is 10.5 Å². The molecule has 0 aliphatic carbocycles. The van der Waals surface area contributed by atoms with Crippen molar-refractivity contribution in [2.24, 2.45) is 5.10 Å². The number of nitro benzene ring substituents is 2. The fourth-order valence-corrected chi connectivity index (χ4v) is 4.43. The minimum Gasteiger partial charge on any atom is -0.271 e. The van der Waals surface area contributed by atoms with Crippen LogP contribution in [0.15, 0.2) is 76.7 Å². The summed E-state index contributed by atoms with van der Waals surface area (Å²) < 4.78 is 53.3. The second-order valence-electron chi connectivity index (χ2n) is 7.46. The molecular weight excluding hydrogens is 500 g/mol. The molecular formula is C22H19F2N5O6S. The third-order valence-corrected chi connectivity index (χ3v) is 6.78. The van der Waals surface area contributed by atoms with E-state index < -0.39 is 37.8 Å². The van der Waals surface area contributed by atoms with Crippen molar-refractivity contribution in [1.82, 2.24) is 0 Å². The number of nitrogens with one attached hydrogen (secondary N) is 1. The van der Waals surface area contributed by atoms with Crippen molar-refractivity contribution < 1.29 is 27.0 Å². The van der Waals surface area contributed by atoms with E-state index in [9.17, 15) is 37.4 Å². The predicted octanol–water partition coefficient (Wildman–Crippen LogP) is 5.07. The summed E-state index contributed by atoms with van der Waals surface area (Å²) in [7, 11) is -4.54. The monoisotopic (exact) mass is 519 g/mol. The number of nitro groups is 2. The van der Waals surface area contributed by atoms with Gasteiger partial charge in [0.15, 0.2) is 0 Å². The van der Waals surface area contributed by atoms with Crippen LogP contribution in [0, 0.1) is 27.2 Å². The molecule has 0 heterocycles. The van der Waals surface area contributed by atoms with Crippen LogP contribution >= 0.6 is 0 Å². The molecule has 0 bridgehead atoms. The maximum atomic E-state index is 13.8. The maximum absolute atomic E-state index is 13.8. The minimum absolute atomic E-state index is 0.00636. The largest absolute Gasteiger partial charge is 0.328 e. The lowest BCUT2D eigenvalue weighted by molar-refractivity contribution is -0.393. The first-order chi connectivity index (χ1) is 16.9. The lowest BCUT2D eigenvalue weighted by atomic mass is 10.1. The first-order valence-electron chi connectivity index (χ1n) is 10.1. The molecule has 0 unspecified atom stereocenters. The summed E-state index contributed by atoms with van der Waals surface area (Å²) in [5.74, 6) is 0. The van der Waals surface area contributed by atoms with Gasteiger partial charge < -0.3 is 0 Å². The van der Waals surface area contributed by atoms with Gasteiger partial charge in [-0.3, -0.25) is 25.7 Å². The Morgan fingerprint density at radius 3 is 2.11 bits per heavy atom. The molecule has 0 radical (unpaired) electrons. The van der Waals surface area contributed by atoms with Crippen molar-refractivity contribution >= 4 is 38.5 Å². The van der Waals surface area contributed by atoms with Crippen LogP contribution < -0.4 is 9.73 Å². The Labute approximate surface area is 204 Å². The van der Waals surface area contributed by atoms with Gasteiger partial charge in [-0.2, -0.15) is 13.9 Å². The van der Waals surface area contributed by atoms with E-state index in [0.717, 1.165) is 23.8 Å². The molecule has 14 heteroatoms. The van der Waals surface area contributed by atoms with Gasteiger partial charge in [0, 0.05) is 6.07 Å². The number of hydrogen-bond donors (Lipinski definition) is 1. The number of aryl methyl sites for hydroxylation is 1. The van der Waals surface area contributed by atoms with E-state index in [1.165, 1.54) is 55.5 Å². The third-order valence-electron chi connectivity index (χ3n) is 5.03. The summed E-state index contributed by atoms with van der Waals surface area (Å²) in [6.07, 6.45) is 0. The van der Waals surface area contributed by atoms with Crippen LogP contribution in [0.3, 0.4) is 0 Å². The van der Waals surface area contributed by atoms with E-state index in [-0.39, 0.29) is 26.3 Å². The topological polar surface area (TPSA) is 148 Å². The molecule has 0 aliphatic heterocycles. The number of hydrogen-bond acceptors (Lipinski definition) is 8. The molecule has 1 N–H and O–H groups in total. The molecule has 3 aromatic carbocycles. The summed E-state index contributed by atoms with van der Waals surface area (Å²) in [5.41, 5.74) is 2.50. The van der Waals surface area contributed by atoms with Gasteiger partial charge in [0.25, 0.3) is 15.7 Å². The Morgan fingerprint density at radius 1 is 0.972 bits per heavy atom. The van der Waals surface area contributed by atoms with Crippen LogP contribution in [0.1, 0.15) is 18.1 Å². The molecule has 0 aromatic heterocycles. The average molecular weight is 519 g/mol. The highest BCUT2D eigenvalue weighted by molar-refractivity contribution is 7.92. The number of hydrazone groups is 1. The number of anilines is 2. The van der Waals surface area contributed by atoms with Gasteiger partial charge in [-0.15, -0.1) is 0 Å². The molecule has 0 saturated heterocycles. The highest BCUT2D eigenvalue weighted by Crippen LogP contribution is 2.30. The number of nitrogens with zero attached hydrogens (tertiary/aromatic N) is 4. The second-order valence-corrected chi connectivity index (χ2v) is 9.28. The molecule has 3 rings (SSSR count). The first kappa shape index (κ1) is 26.2. The van der Waals surface area contributed by atoms with E-state index in [1.54, 1.807) is 6.92 Å². The maximum Gasteiger partial charge on any atom is 0.328 e. The molecule has 0 saturated carbocycles. The molecule has 36 heavy (non-hydrogen) atoms. The van der Waals surface area contributed by atoms with Crippen molar-refractivity contribution in [2.45, 2.75) is 25.3 Å².